The fourth-order valence-corrected chi connectivity index (χ4v) is 3.82. The number of hydrogen-bond acceptors (Lipinski definition) is 5. The highest BCUT2D eigenvalue weighted by Gasteiger charge is 2.33. The second-order valence-electron chi connectivity index (χ2n) is 7.53. The summed E-state index contributed by atoms with van der Waals surface area (Å²) in [5.41, 5.74) is 2.60. The molecule has 1 N–H and O–H groups in total. The Kier molecular flexibility index (Phi) is 4.92. The monoisotopic (exact) mass is 411 g/mol. The molecule has 2 aromatic carbocycles. The van der Waals surface area contributed by atoms with Crippen molar-refractivity contribution in [3.63, 3.8) is 0 Å². The van der Waals surface area contributed by atoms with E-state index in [1.165, 1.54) is 12.4 Å². The molecule has 7 heteroatoms. The first-order valence-electron chi connectivity index (χ1n) is 10.2. The number of hydrogen-bond donors (Lipinski definition) is 1. The Hall–Kier alpha value is -4.00. The summed E-state index contributed by atoms with van der Waals surface area (Å²) in [6.45, 7) is 3.50. The summed E-state index contributed by atoms with van der Waals surface area (Å²) in [6.07, 6.45) is 6.25. The first-order chi connectivity index (χ1) is 15.2. The van der Waals surface area contributed by atoms with Gasteiger partial charge in [-0.1, -0.05) is 24.8 Å². The zero-order chi connectivity index (χ0) is 21.2. The van der Waals surface area contributed by atoms with Crippen LogP contribution < -0.4 is 10.1 Å². The predicted molar refractivity (Wildman–Crippen MR) is 118 cm³/mol. The number of carbonyl (C=O) groups excluding carboxylic acids is 1. The summed E-state index contributed by atoms with van der Waals surface area (Å²) in [6, 6.07) is 17.8. The number of nitrogens with one attached hydrogen (secondary N) is 1. The summed E-state index contributed by atoms with van der Waals surface area (Å²) in [4.78, 5) is 20.2. The molecule has 0 spiro atoms. The van der Waals surface area contributed by atoms with Crippen LogP contribution in [0.25, 0.3) is 22.3 Å². The number of carbonyl (C=O) groups is 1. The van der Waals surface area contributed by atoms with E-state index in [1.807, 2.05) is 59.3 Å². The molecular weight excluding hydrogens is 390 g/mol. The van der Waals surface area contributed by atoms with Gasteiger partial charge in [-0.2, -0.15) is 5.10 Å². The number of fused-ring (bicyclic) bond motifs is 1. The maximum atomic E-state index is 11.5. The Morgan fingerprint density at radius 3 is 2.58 bits per heavy atom. The lowest BCUT2D eigenvalue weighted by Gasteiger charge is -2.35. The molecule has 2 heterocycles. The summed E-state index contributed by atoms with van der Waals surface area (Å²) >= 11 is 0. The highest BCUT2D eigenvalue weighted by atomic mass is 16.5. The quantitative estimate of drug-likeness (QED) is 0.479. The van der Waals surface area contributed by atoms with Crippen molar-refractivity contribution in [1.82, 2.24) is 25.1 Å². The van der Waals surface area contributed by atoms with Crippen LogP contribution in [0.3, 0.4) is 0 Å². The average molecular weight is 411 g/mol. The van der Waals surface area contributed by atoms with Gasteiger partial charge < -0.3 is 10.1 Å². The van der Waals surface area contributed by atoms with Crippen LogP contribution in [-0.4, -0.2) is 31.7 Å². The number of nitrogens with zero attached hydrogens (tertiary/aromatic N) is 4. The van der Waals surface area contributed by atoms with Crippen molar-refractivity contribution in [3.8, 4) is 22.8 Å². The zero-order valence-corrected chi connectivity index (χ0v) is 16.8. The van der Waals surface area contributed by atoms with Crippen LogP contribution in [0, 0.1) is 0 Å². The van der Waals surface area contributed by atoms with Crippen LogP contribution in [-0.2, 0) is 4.79 Å². The van der Waals surface area contributed by atoms with Gasteiger partial charge in [-0.3, -0.25) is 4.79 Å². The van der Waals surface area contributed by atoms with Crippen LogP contribution in [0.15, 0.2) is 79.8 Å². The second kappa shape index (κ2) is 8.02. The van der Waals surface area contributed by atoms with Crippen molar-refractivity contribution >= 4 is 16.9 Å². The van der Waals surface area contributed by atoms with Crippen molar-refractivity contribution in [2.24, 2.45) is 0 Å². The van der Waals surface area contributed by atoms with Crippen molar-refractivity contribution in [3.05, 3.63) is 79.8 Å². The first-order valence-corrected chi connectivity index (χ1v) is 10.2. The number of para-hydroxylation sites is 1. The number of benzene rings is 2. The Labute approximate surface area is 179 Å². The molecule has 1 fully saturated rings. The number of amides is 1. The maximum Gasteiger partial charge on any atom is 0.243 e. The molecule has 154 valence electrons. The predicted octanol–water partition coefficient (Wildman–Crippen LogP) is 4.29. The first kappa shape index (κ1) is 19.0. The minimum atomic E-state index is -0.144. The van der Waals surface area contributed by atoms with E-state index in [4.69, 9.17) is 9.84 Å². The van der Waals surface area contributed by atoms with E-state index in [1.54, 1.807) is 6.20 Å². The Bertz CT molecular complexity index is 1230. The number of rotatable bonds is 6. The lowest BCUT2D eigenvalue weighted by Crippen LogP contribution is -2.44. The summed E-state index contributed by atoms with van der Waals surface area (Å²) in [5, 5.41) is 8.70. The maximum absolute atomic E-state index is 11.5. The van der Waals surface area contributed by atoms with Gasteiger partial charge in [-0.05, 0) is 55.3 Å². The molecule has 0 radical (unpaired) electrons. The standard InChI is InChI=1S/C24H21N5O2/c1-2-22(30)27-17-12-18(13-17)29-24-21(14-25-15-26-24)23(28-29)16-8-10-20(11-9-16)31-19-6-4-3-5-7-19/h2-11,14-15,17-18H,1,12-13H2,(H,27,30)/t17-,18+. The SMILES string of the molecule is C=CC(=O)N[C@H]1C[C@@H](n2nc(-c3ccc(Oc4ccccc4)cc3)c3cncnc32)C1. The lowest BCUT2D eigenvalue weighted by molar-refractivity contribution is -0.117. The van der Waals surface area contributed by atoms with Gasteiger partial charge in [0.15, 0.2) is 5.65 Å². The van der Waals surface area contributed by atoms with Crippen molar-refractivity contribution < 1.29 is 9.53 Å². The molecule has 7 nitrogen and oxygen atoms in total. The van der Waals surface area contributed by atoms with Gasteiger partial charge >= 0.3 is 0 Å². The van der Waals surface area contributed by atoms with Gasteiger partial charge in [0.1, 0.15) is 23.5 Å². The minimum Gasteiger partial charge on any atom is -0.457 e. The second-order valence-corrected chi connectivity index (χ2v) is 7.53. The van der Waals surface area contributed by atoms with Crippen LogP contribution >= 0.6 is 0 Å². The molecule has 31 heavy (non-hydrogen) atoms. The molecule has 2 aromatic heterocycles. The van der Waals surface area contributed by atoms with E-state index < -0.39 is 0 Å². The van der Waals surface area contributed by atoms with E-state index in [2.05, 4.69) is 21.9 Å². The molecule has 1 aliphatic rings. The molecule has 0 atom stereocenters. The van der Waals surface area contributed by atoms with E-state index in [9.17, 15) is 4.79 Å². The van der Waals surface area contributed by atoms with Gasteiger partial charge in [-0.25, -0.2) is 14.6 Å². The van der Waals surface area contributed by atoms with Crippen molar-refractivity contribution in [2.75, 3.05) is 0 Å². The molecule has 1 aliphatic carbocycles. The molecule has 0 aliphatic heterocycles. The van der Waals surface area contributed by atoms with Gasteiger partial charge in [0.25, 0.3) is 0 Å². The van der Waals surface area contributed by atoms with Crippen LogP contribution in [0.1, 0.15) is 18.9 Å². The fraction of sp³-hybridized carbons (Fsp3) is 0.167. The molecule has 5 rings (SSSR count). The third-order valence-corrected chi connectivity index (χ3v) is 5.47. The Balaban J connectivity index is 1.39. The van der Waals surface area contributed by atoms with Gasteiger partial charge in [-0.15, -0.1) is 0 Å². The van der Waals surface area contributed by atoms with Crippen LogP contribution in [0.2, 0.25) is 0 Å². The van der Waals surface area contributed by atoms with Crippen molar-refractivity contribution in [1.29, 1.82) is 0 Å². The molecule has 4 aromatic rings. The normalized spacial score (nSPS) is 17.7. The topological polar surface area (TPSA) is 81.9 Å². The molecular formula is C24H21N5O2. The van der Waals surface area contributed by atoms with E-state index >= 15 is 0 Å². The molecule has 0 saturated heterocycles. The minimum absolute atomic E-state index is 0.134. The zero-order valence-electron chi connectivity index (χ0n) is 16.8. The largest absolute Gasteiger partial charge is 0.457 e. The fourth-order valence-electron chi connectivity index (χ4n) is 3.82. The van der Waals surface area contributed by atoms with Gasteiger partial charge in [0, 0.05) is 17.8 Å². The highest BCUT2D eigenvalue weighted by Crippen LogP contribution is 2.37. The molecule has 0 bridgehead atoms. The average Bonchev–Trinajstić information content (AvgIpc) is 3.16. The van der Waals surface area contributed by atoms with Crippen molar-refractivity contribution in [2.45, 2.75) is 24.9 Å². The van der Waals surface area contributed by atoms with Crippen LogP contribution in [0.4, 0.5) is 0 Å². The van der Waals surface area contributed by atoms with E-state index in [-0.39, 0.29) is 18.0 Å². The van der Waals surface area contributed by atoms with Gasteiger partial charge in [0.2, 0.25) is 5.91 Å². The van der Waals surface area contributed by atoms with Gasteiger partial charge in [0.05, 0.1) is 11.4 Å². The third-order valence-electron chi connectivity index (χ3n) is 5.47. The summed E-state index contributed by atoms with van der Waals surface area (Å²) in [5.74, 6) is 1.41. The molecule has 1 saturated carbocycles. The molecule has 1 amide bonds. The third kappa shape index (κ3) is 3.77. The summed E-state index contributed by atoms with van der Waals surface area (Å²) < 4.78 is 7.84. The van der Waals surface area contributed by atoms with Crippen LogP contribution in [0.5, 0.6) is 11.5 Å². The Morgan fingerprint density at radius 2 is 1.84 bits per heavy atom. The number of aromatic nitrogens is 4. The molecule has 0 unspecified atom stereocenters. The Morgan fingerprint density at radius 1 is 1.10 bits per heavy atom. The van der Waals surface area contributed by atoms with E-state index in [0.29, 0.717) is 0 Å². The smallest absolute Gasteiger partial charge is 0.243 e. The van der Waals surface area contributed by atoms with E-state index in [0.717, 1.165) is 46.6 Å². The highest BCUT2D eigenvalue weighted by molar-refractivity contribution is 5.90. The summed E-state index contributed by atoms with van der Waals surface area (Å²) in [7, 11) is 0. The number of ether oxygens (including phenoxy) is 1. The lowest BCUT2D eigenvalue weighted by atomic mass is 9.87.